The highest BCUT2D eigenvalue weighted by Gasteiger charge is 2.30. The second-order valence-electron chi connectivity index (χ2n) is 13.5. The van der Waals surface area contributed by atoms with E-state index in [1.807, 2.05) is 20.8 Å². The number of aromatic nitrogens is 2. The van der Waals surface area contributed by atoms with Crippen molar-refractivity contribution < 1.29 is 23.4 Å². The van der Waals surface area contributed by atoms with Crippen LogP contribution in [0.25, 0.3) is 11.1 Å². The number of aliphatic hydroxyl groups is 1. The summed E-state index contributed by atoms with van der Waals surface area (Å²) in [6.45, 7) is 17.4. The van der Waals surface area contributed by atoms with Crippen molar-refractivity contribution >= 4 is 17.5 Å². The van der Waals surface area contributed by atoms with Crippen LogP contribution in [0.5, 0.6) is 0 Å². The zero-order chi connectivity index (χ0) is 32.7. The third-order valence-corrected chi connectivity index (χ3v) is 7.26. The fraction of sp³-hybridized carbons (Fsp3) is 0.514. The van der Waals surface area contributed by atoms with Gasteiger partial charge < -0.3 is 20.1 Å². The van der Waals surface area contributed by atoms with E-state index < -0.39 is 11.4 Å². The summed E-state index contributed by atoms with van der Waals surface area (Å²) in [5.74, 6) is -0.912. The second-order valence-corrected chi connectivity index (χ2v) is 13.5. The minimum Gasteiger partial charge on any atom is -0.463 e. The Kier molecular flexibility index (Phi) is 11.8. The van der Waals surface area contributed by atoms with Crippen molar-refractivity contribution in [2.45, 2.75) is 92.8 Å². The Labute approximate surface area is 261 Å². The van der Waals surface area contributed by atoms with Gasteiger partial charge in [0.2, 0.25) is 0 Å². The van der Waals surface area contributed by atoms with Gasteiger partial charge in [0.25, 0.3) is 0 Å². The number of rotatable bonds is 9. The van der Waals surface area contributed by atoms with E-state index in [-0.39, 0.29) is 35.5 Å². The van der Waals surface area contributed by atoms with Crippen LogP contribution < -0.4 is 10.2 Å². The number of halogens is 2. The number of pyridine rings is 2. The summed E-state index contributed by atoms with van der Waals surface area (Å²) in [6.07, 6.45) is 5.90. The van der Waals surface area contributed by atoms with Crippen LogP contribution in [0, 0.1) is 24.0 Å². The number of piperidine rings is 1. The lowest BCUT2D eigenvalue weighted by atomic mass is 9.82. The summed E-state index contributed by atoms with van der Waals surface area (Å²) < 4.78 is 33.8. The first-order chi connectivity index (χ1) is 20.5. The number of nitrogens with zero attached hydrogens (tertiary/aromatic N) is 3. The lowest BCUT2D eigenvalue weighted by Gasteiger charge is -2.40. The van der Waals surface area contributed by atoms with Crippen LogP contribution in [0.2, 0.25) is 0 Å². The molecule has 4 rings (SSSR count). The molecule has 3 heterocycles. The Bertz CT molecular complexity index is 1390. The van der Waals surface area contributed by atoms with Gasteiger partial charge in [0, 0.05) is 54.4 Å². The highest BCUT2D eigenvalue weighted by molar-refractivity contribution is 5.85. The van der Waals surface area contributed by atoms with Gasteiger partial charge in [0.15, 0.2) is 11.6 Å². The number of benzene rings is 1. The molecule has 0 saturated carbocycles. The van der Waals surface area contributed by atoms with E-state index in [1.54, 1.807) is 45.3 Å². The molecule has 240 valence electrons. The molecule has 1 aliphatic rings. The van der Waals surface area contributed by atoms with Crippen LogP contribution in [0.3, 0.4) is 0 Å². The fourth-order valence-electron chi connectivity index (χ4n) is 4.89. The number of hydrogen-bond acceptors (Lipinski definition) is 7. The average molecular weight is 611 g/mol. The monoisotopic (exact) mass is 610 g/mol. The van der Waals surface area contributed by atoms with Crippen molar-refractivity contribution in [3.63, 3.8) is 0 Å². The summed E-state index contributed by atoms with van der Waals surface area (Å²) in [4.78, 5) is 24.0. The Morgan fingerprint density at radius 2 is 1.70 bits per heavy atom. The number of nitrogens with one attached hydrogen (secondary N) is 1. The van der Waals surface area contributed by atoms with Crippen LogP contribution in [-0.4, -0.2) is 52.4 Å². The summed E-state index contributed by atoms with van der Waals surface area (Å²) in [6, 6.07) is 7.72. The SMILES string of the molecule is CC(C)(C)O.Cc1ncc(-c2cnc(NCCc3ccc(F)cc3)c(F)c2)c(N2CCC(C)(C)CC2)c1CC(=O)OC(C)C. The van der Waals surface area contributed by atoms with Crippen molar-refractivity contribution in [3.8, 4) is 11.1 Å². The van der Waals surface area contributed by atoms with Gasteiger partial charge in [-0.2, -0.15) is 0 Å². The molecule has 7 nitrogen and oxygen atoms in total. The van der Waals surface area contributed by atoms with E-state index >= 15 is 4.39 Å². The minimum atomic E-state index is -0.500. The van der Waals surface area contributed by atoms with Crippen LogP contribution >= 0.6 is 0 Å². The number of aryl methyl sites for hydroxylation is 1. The van der Waals surface area contributed by atoms with Gasteiger partial charge >= 0.3 is 5.97 Å². The first kappa shape index (κ1) is 34.9. The maximum atomic E-state index is 15.2. The maximum absolute atomic E-state index is 15.2. The number of hydrogen-bond donors (Lipinski definition) is 2. The van der Waals surface area contributed by atoms with Gasteiger partial charge in [-0.05, 0) is 90.0 Å². The van der Waals surface area contributed by atoms with E-state index in [0.29, 0.717) is 18.5 Å². The first-order valence-electron chi connectivity index (χ1n) is 15.3. The van der Waals surface area contributed by atoms with Gasteiger partial charge in [0.1, 0.15) is 5.82 Å². The van der Waals surface area contributed by atoms with Crippen molar-refractivity contribution in [2.24, 2.45) is 5.41 Å². The number of carbonyl (C=O) groups excluding carboxylic acids is 1. The van der Waals surface area contributed by atoms with Gasteiger partial charge in [-0.3, -0.25) is 9.78 Å². The molecule has 0 amide bonds. The Morgan fingerprint density at radius 1 is 1.09 bits per heavy atom. The summed E-state index contributed by atoms with van der Waals surface area (Å²) in [7, 11) is 0. The van der Waals surface area contributed by atoms with Crippen LogP contribution in [0.1, 0.15) is 78.1 Å². The highest BCUT2D eigenvalue weighted by atomic mass is 19.1. The molecular formula is C35H48F2N4O3. The normalized spacial score (nSPS) is 14.6. The number of esters is 1. The molecule has 0 unspecified atom stereocenters. The predicted molar refractivity (Wildman–Crippen MR) is 173 cm³/mol. The van der Waals surface area contributed by atoms with E-state index in [2.05, 4.69) is 34.0 Å². The molecule has 1 fully saturated rings. The summed E-state index contributed by atoms with van der Waals surface area (Å²) >= 11 is 0. The lowest BCUT2D eigenvalue weighted by Crippen LogP contribution is -2.38. The standard InChI is InChI=1S/C31H38F2N4O2.C4H10O/c1-20(2)39-28(38)17-25-21(3)35-19-26(29(25)37-14-11-31(4,5)12-15-37)23-16-27(33)30(36-18-23)34-13-10-22-6-8-24(32)9-7-22;1-4(2,3)5/h6-9,16,18-20H,10-15,17H2,1-5H3,(H,34,36);5H,1-3H3. The largest absolute Gasteiger partial charge is 0.463 e. The van der Waals surface area contributed by atoms with Crippen molar-refractivity contribution in [3.05, 3.63) is 71.2 Å². The molecule has 0 atom stereocenters. The molecular weight excluding hydrogens is 562 g/mol. The second kappa shape index (κ2) is 14.9. The Balaban J connectivity index is 0.000000978. The number of carbonyl (C=O) groups is 1. The molecule has 44 heavy (non-hydrogen) atoms. The molecule has 1 aromatic carbocycles. The van der Waals surface area contributed by atoms with Crippen molar-refractivity contribution in [2.75, 3.05) is 29.9 Å². The molecule has 1 aliphatic heterocycles. The molecule has 0 aliphatic carbocycles. The fourth-order valence-corrected chi connectivity index (χ4v) is 4.89. The topological polar surface area (TPSA) is 87.6 Å². The van der Waals surface area contributed by atoms with Gasteiger partial charge in [-0.1, -0.05) is 26.0 Å². The molecule has 3 aromatic rings. The number of anilines is 2. The number of ether oxygens (including phenoxy) is 1. The summed E-state index contributed by atoms with van der Waals surface area (Å²) in [5.41, 5.74) is 4.50. The van der Waals surface area contributed by atoms with E-state index in [9.17, 15) is 9.18 Å². The first-order valence-corrected chi connectivity index (χ1v) is 15.3. The Hall–Kier alpha value is -3.59. The zero-order valence-electron chi connectivity index (χ0n) is 27.4. The van der Waals surface area contributed by atoms with Crippen LogP contribution in [0.4, 0.5) is 20.3 Å². The molecule has 2 N–H and O–H groups in total. The van der Waals surface area contributed by atoms with Crippen molar-refractivity contribution in [1.82, 2.24) is 9.97 Å². The van der Waals surface area contributed by atoms with Gasteiger partial charge in [-0.15, -0.1) is 0 Å². The molecule has 0 spiro atoms. The quantitative estimate of drug-likeness (QED) is 0.246. The molecule has 0 bridgehead atoms. The molecule has 2 aromatic heterocycles. The van der Waals surface area contributed by atoms with E-state index in [0.717, 1.165) is 54.0 Å². The Morgan fingerprint density at radius 3 is 2.27 bits per heavy atom. The lowest BCUT2D eigenvalue weighted by molar-refractivity contribution is -0.146. The van der Waals surface area contributed by atoms with E-state index in [4.69, 9.17) is 9.84 Å². The third-order valence-electron chi connectivity index (χ3n) is 7.26. The van der Waals surface area contributed by atoms with Crippen LogP contribution in [0.15, 0.2) is 42.7 Å². The van der Waals surface area contributed by atoms with E-state index in [1.165, 1.54) is 18.2 Å². The molecule has 9 heteroatoms. The molecule has 1 saturated heterocycles. The van der Waals surface area contributed by atoms with Gasteiger partial charge in [0.05, 0.1) is 23.8 Å². The van der Waals surface area contributed by atoms with Crippen molar-refractivity contribution in [1.29, 1.82) is 0 Å². The minimum absolute atomic E-state index is 0.0962. The third kappa shape index (κ3) is 10.8. The highest BCUT2D eigenvalue weighted by Crippen LogP contribution is 2.40. The average Bonchev–Trinajstić information content (AvgIpc) is 2.91. The van der Waals surface area contributed by atoms with Gasteiger partial charge in [-0.25, -0.2) is 13.8 Å². The zero-order valence-corrected chi connectivity index (χ0v) is 27.4. The van der Waals surface area contributed by atoms with Crippen LogP contribution in [-0.2, 0) is 22.4 Å². The smallest absolute Gasteiger partial charge is 0.310 e. The molecule has 0 radical (unpaired) electrons. The predicted octanol–water partition coefficient (Wildman–Crippen LogP) is 7.28. The maximum Gasteiger partial charge on any atom is 0.310 e. The summed E-state index contributed by atoms with van der Waals surface area (Å²) in [5, 5.41) is 11.6.